The summed E-state index contributed by atoms with van der Waals surface area (Å²) in [5, 5.41) is 6.78. The van der Waals surface area contributed by atoms with Crippen LogP contribution in [0.5, 0.6) is 11.5 Å². The zero-order chi connectivity index (χ0) is 23.1. The highest BCUT2D eigenvalue weighted by Gasteiger charge is 2.21. The maximum atomic E-state index is 13.5. The molecule has 2 aromatic carbocycles. The Morgan fingerprint density at radius 1 is 1.06 bits per heavy atom. The molecule has 0 saturated carbocycles. The molecule has 0 amide bonds. The molecule has 6 nitrogen and oxygen atoms in total. The Hall–Kier alpha value is -2.30. The fourth-order valence-corrected chi connectivity index (χ4v) is 3.83. The van der Waals surface area contributed by atoms with Crippen LogP contribution in [0.2, 0.25) is 0 Å². The highest BCUT2D eigenvalue weighted by atomic mass is 127. The fourth-order valence-electron chi connectivity index (χ4n) is 3.83. The lowest BCUT2D eigenvalue weighted by Crippen LogP contribution is -2.49. The number of rotatable bonds is 7. The molecular weight excluding hydrogens is 541 g/mol. The second-order valence-electron chi connectivity index (χ2n) is 8.00. The molecular formula is C24H33F2IN4O2. The summed E-state index contributed by atoms with van der Waals surface area (Å²) in [5.41, 5.74) is 1.83. The van der Waals surface area contributed by atoms with Crippen molar-refractivity contribution in [2.45, 2.75) is 31.7 Å². The summed E-state index contributed by atoms with van der Waals surface area (Å²) in [6, 6.07) is 10.2. The van der Waals surface area contributed by atoms with E-state index in [0.29, 0.717) is 18.5 Å². The molecule has 9 heteroatoms. The summed E-state index contributed by atoms with van der Waals surface area (Å²) in [6.07, 6.45) is 1.91. The lowest BCUT2D eigenvalue weighted by molar-refractivity contribution is 0.393. The van der Waals surface area contributed by atoms with E-state index in [2.05, 4.69) is 20.5 Å². The zero-order valence-corrected chi connectivity index (χ0v) is 21.9. The van der Waals surface area contributed by atoms with E-state index in [1.54, 1.807) is 27.3 Å². The van der Waals surface area contributed by atoms with E-state index in [1.165, 1.54) is 12.1 Å². The van der Waals surface area contributed by atoms with Crippen molar-refractivity contribution < 1.29 is 18.3 Å². The Morgan fingerprint density at radius 3 is 2.24 bits per heavy atom. The maximum absolute atomic E-state index is 13.5. The number of piperidine rings is 1. The monoisotopic (exact) mass is 574 g/mol. The van der Waals surface area contributed by atoms with Crippen molar-refractivity contribution in [3.05, 3.63) is 53.6 Å². The molecule has 182 valence electrons. The molecule has 1 heterocycles. The van der Waals surface area contributed by atoms with Gasteiger partial charge in [-0.2, -0.15) is 0 Å². The van der Waals surface area contributed by atoms with E-state index in [0.717, 1.165) is 48.7 Å². The molecule has 1 saturated heterocycles. The van der Waals surface area contributed by atoms with E-state index in [-0.39, 0.29) is 29.9 Å². The molecule has 0 spiro atoms. The molecule has 3 rings (SSSR count). The SMILES string of the molecule is CN=C(NCC(C)c1ccc(F)c(F)c1)NC1CCN(c2cc(OC)cc(OC)c2)CC1.I. The minimum atomic E-state index is -0.829. The van der Waals surface area contributed by atoms with Crippen LogP contribution in [-0.4, -0.2) is 52.9 Å². The number of halogens is 3. The molecule has 33 heavy (non-hydrogen) atoms. The molecule has 1 fully saturated rings. The molecule has 1 atom stereocenters. The highest BCUT2D eigenvalue weighted by Crippen LogP contribution is 2.30. The quantitative estimate of drug-likeness (QED) is 0.289. The third-order valence-electron chi connectivity index (χ3n) is 5.85. The van der Waals surface area contributed by atoms with E-state index in [9.17, 15) is 8.78 Å². The number of ether oxygens (including phenoxy) is 2. The highest BCUT2D eigenvalue weighted by molar-refractivity contribution is 14.0. The Kier molecular flexibility index (Phi) is 10.5. The molecule has 0 aliphatic carbocycles. The molecule has 0 aromatic heterocycles. The predicted molar refractivity (Wildman–Crippen MR) is 139 cm³/mol. The van der Waals surface area contributed by atoms with Gasteiger partial charge >= 0.3 is 0 Å². The van der Waals surface area contributed by atoms with Crippen molar-refractivity contribution in [3.8, 4) is 11.5 Å². The van der Waals surface area contributed by atoms with Crippen molar-refractivity contribution in [2.75, 3.05) is 45.8 Å². The minimum Gasteiger partial charge on any atom is -0.497 e. The van der Waals surface area contributed by atoms with Gasteiger partial charge in [-0.05, 0) is 36.5 Å². The van der Waals surface area contributed by atoms with Gasteiger partial charge in [-0.15, -0.1) is 24.0 Å². The maximum Gasteiger partial charge on any atom is 0.191 e. The Morgan fingerprint density at radius 2 is 1.70 bits per heavy atom. The van der Waals surface area contributed by atoms with Gasteiger partial charge in [0.2, 0.25) is 0 Å². The van der Waals surface area contributed by atoms with Crippen LogP contribution in [0.4, 0.5) is 14.5 Å². The molecule has 1 unspecified atom stereocenters. The summed E-state index contributed by atoms with van der Waals surface area (Å²) >= 11 is 0. The standard InChI is InChI=1S/C24H32F2N4O2.HI/c1-16(17-5-6-22(25)23(26)11-17)15-28-24(27-2)29-18-7-9-30(10-8-18)19-12-20(31-3)14-21(13-19)32-4;/h5-6,11-14,16,18H,7-10,15H2,1-4H3,(H2,27,28,29);1H. The van der Waals surface area contributed by atoms with Gasteiger partial charge in [0.05, 0.1) is 14.2 Å². The number of aliphatic imine (C=N–C) groups is 1. The molecule has 0 radical (unpaired) electrons. The number of nitrogens with zero attached hydrogens (tertiary/aromatic N) is 2. The van der Waals surface area contributed by atoms with E-state index in [4.69, 9.17) is 9.47 Å². The topological polar surface area (TPSA) is 58.1 Å². The van der Waals surface area contributed by atoms with Gasteiger partial charge in [0, 0.05) is 56.6 Å². The smallest absolute Gasteiger partial charge is 0.191 e. The van der Waals surface area contributed by atoms with Crippen molar-refractivity contribution in [1.29, 1.82) is 0 Å². The van der Waals surface area contributed by atoms with Gasteiger partial charge in [-0.3, -0.25) is 4.99 Å². The van der Waals surface area contributed by atoms with Crippen molar-refractivity contribution in [3.63, 3.8) is 0 Å². The normalized spacial score (nSPS) is 15.5. The van der Waals surface area contributed by atoms with Gasteiger partial charge in [-0.1, -0.05) is 13.0 Å². The van der Waals surface area contributed by atoms with Crippen molar-refractivity contribution >= 4 is 35.6 Å². The van der Waals surface area contributed by atoms with Gasteiger partial charge < -0.3 is 25.0 Å². The largest absolute Gasteiger partial charge is 0.497 e. The van der Waals surface area contributed by atoms with Crippen LogP contribution in [0.25, 0.3) is 0 Å². The minimum absolute atomic E-state index is 0. The number of hydrogen-bond donors (Lipinski definition) is 2. The number of anilines is 1. The van der Waals surface area contributed by atoms with Crippen LogP contribution in [0.1, 0.15) is 31.2 Å². The van der Waals surface area contributed by atoms with Crippen LogP contribution in [0.3, 0.4) is 0 Å². The van der Waals surface area contributed by atoms with E-state index >= 15 is 0 Å². The van der Waals surface area contributed by atoms with E-state index < -0.39 is 11.6 Å². The number of methoxy groups -OCH3 is 2. The fraction of sp³-hybridized carbons (Fsp3) is 0.458. The van der Waals surface area contributed by atoms with Crippen LogP contribution in [-0.2, 0) is 0 Å². The van der Waals surface area contributed by atoms with Gasteiger partial charge in [0.25, 0.3) is 0 Å². The molecule has 1 aliphatic heterocycles. The number of guanidine groups is 1. The van der Waals surface area contributed by atoms with Gasteiger partial charge in [-0.25, -0.2) is 8.78 Å². The first-order valence-corrected chi connectivity index (χ1v) is 10.8. The molecule has 1 aliphatic rings. The molecule has 2 N–H and O–H groups in total. The van der Waals surface area contributed by atoms with Crippen molar-refractivity contribution in [2.24, 2.45) is 4.99 Å². The second-order valence-corrected chi connectivity index (χ2v) is 8.00. The lowest BCUT2D eigenvalue weighted by atomic mass is 10.0. The Balaban J connectivity index is 0.00000385. The van der Waals surface area contributed by atoms with Gasteiger partial charge in [0.15, 0.2) is 17.6 Å². The van der Waals surface area contributed by atoms with Crippen LogP contribution in [0, 0.1) is 11.6 Å². The number of benzene rings is 2. The Labute approximate surface area is 211 Å². The summed E-state index contributed by atoms with van der Waals surface area (Å²) in [5.74, 6) is 0.621. The second kappa shape index (κ2) is 12.8. The van der Waals surface area contributed by atoms with Crippen LogP contribution >= 0.6 is 24.0 Å². The first-order chi connectivity index (χ1) is 15.4. The number of nitrogens with one attached hydrogen (secondary N) is 2. The average Bonchev–Trinajstić information content (AvgIpc) is 2.83. The summed E-state index contributed by atoms with van der Waals surface area (Å²) < 4.78 is 37.4. The first-order valence-electron chi connectivity index (χ1n) is 10.8. The lowest BCUT2D eigenvalue weighted by Gasteiger charge is -2.35. The third kappa shape index (κ3) is 7.35. The van der Waals surface area contributed by atoms with Crippen LogP contribution < -0.4 is 25.0 Å². The third-order valence-corrected chi connectivity index (χ3v) is 5.85. The first kappa shape index (κ1) is 26.9. The van der Waals surface area contributed by atoms with Gasteiger partial charge in [0.1, 0.15) is 11.5 Å². The van der Waals surface area contributed by atoms with E-state index in [1.807, 2.05) is 25.1 Å². The molecule has 0 bridgehead atoms. The van der Waals surface area contributed by atoms with Crippen molar-refractivity contribution in [1.82, 2.24) is 10.6 Å². The average molecular weight is 574 g/mol. The van der Waals surface area contributed by atoms with Crippen LogP contribution in [0.15, 0.2) is 41.4 Å². The zero-order valence-electron chi connectivity index (χ0n) is 19.5. The Bertz CT molecular complexity index is 914. The predicted octanol–water partition coefficient (Wildman–Crippen LogP) is 4.54. The summed E-state index contributed by atoms with van der Waals surface area (Å²) in [7, 11) is 5.04. The molecule has 2 aromatic rings. The summed E-state index contributed by atoms with van der Waals surface area (Å²) in [6.45, 7) is 4.33. The summed E-state index contributed by atoms with van der Waals surface area (Å²) in [4.78, 5) is 6.64. The number of hydrogen-bond acceptors (Lipinski definition) is 4.